The maximum atomic E-state index is 12.0. The van der Waals surface area contributed by atoms with Gasteiger partial charge < -0.3 is 10.2 Å². The van der Waals surface area contributed by atoms with E-state index in [1.54, 1.807) is 0 Å². The van der Waals surface area contributed by atoms with Crippen LogP contribution in [0.2, 0.25) is 0 Å². The van der Waals surface area contributed by atoms with Gasteiger partial charge in [-0.1, -0.05) is 13.3 Å². The number of rotatable bonds is 4. The van der Waals surface area contributed by atoms with Gasteiger partial charge in [0.2, 0.25) is 5.91 Å². The zero-order valence-corrected chi connectivity index (χ0v) is 11.5. The molecule has 1 saturated heterocycles. The molecule has 0 spiro atoms. The minimum Gasteiger partial charge on any atom is -0.346 e. The first-order valence-corrected chi connectivity index (χ1v) is 6.13. The van der Waals surface area contributed by atoms with Crippen LogP contribution in [-0.2, 0) is 4.79 Å². The molecule has 0 unspecified atom stereocenters. The Hall–Kier alpha value is -0.280. The van der Waals surface area contributed by atoms with Gasteiger partial charge in [0.15, 0.2) is 0 Å². The van der Waals surface area contributed by atoms with Crippen molar-refractivity contribution in [3.63, 3.8) is 0 Å². The van der Waals surface area contributed by atoms with E-state index in [1.165, 1.54) is 0 Å². The van der Waals surface area contributed by atoms with Crippen molar-refractivity contribution in [2.75, 3.05) is 20.1 Å². The molecule has 2 atom stereocenters. The summed E-state index contributed by atoms with van der Waals surface area (Å²) in [7, 11) is 1.94. The van der Waals surface area contributed by atoms with Crippen LogP contribution in [0.3, 0.4) is 0 Å². The smallest absolute Gasteiger partial charge is 0.225 e. The van der Waals surface area contributed by atoms with Crippen molar-refractivity contribution in [1.29, 1.82) is 0 Å². The lowest BCUT2D eigenvalue weighted by Crippen LogP contribution is -2.43. The van der Waals surface area contributed by atoms with Crippen LogP contribution in [0, 0.1) is 5.92 Å². The molecule has 4 heteroatoms. The molecule has 96 valence electrons. The average molecular weight is 249 g/mol. The normalized spacial score (nSPS) is 24.7. The van der Waals surface area contributed by atoms with Crippen LogP contribution in [0.1, 0.15) is 39.5 Å². The molecule has 1 aliphatic heterocycles. The van der Waals surface area contributed by atoms with Crippen LogP contribution >= 0.6 is 12.4 Å². The Morgan fingerprint density at radius 1 is 1.50 bits per heavy atom. The zero-order valence-electron chi connectivity index (χ0n) is 10.7. The highest BCUT2D eigenvalue weighted by molar-refractivity contribution is 5.85. The number of unbranched alkanes of at least 4 members (excludes halogenated alkanes) is 1. The SMILES string of the molecule is CCCCN(C)C(=O)[C@H]1CCN[C@@H](C)C1.Cl. The molecule has 16 heavy (non-hydrogen) atoms. The molecule has 0 aliphatic carbocycles. The van der Waals surface area contributed by atoms with E-state index in [4.69, 9.17) is 0 Å². The number of carbonyl (C=O) groups is 1. The van der Waals surface area contributed by atoms with Gasteiger partial charge in [-0.25, -0.2) is 0 Å². The van der Waals surface area contributed by atoms with Crippen molar-refractivity contribution in [1.82, 2.24) is 10.2 Å². The average Bonchev–Trinajstić information content (AvgIpc) is 2.24. The molecule has 1 amide bonds. The van der Waals surface area contributed by atoms with Gasteiger partial charge in [0, 0.05) is 25.6 Å². The standard InChI is InChI=1S/C12H24N2O.ClH/c1-4-5-8-14(3)12(15)11-6-7-13-10(2)9-11;/h10-11,13H,4-9H2,1-3H3;1H/t10-,11-;/m0./s1. The van der Waals surface area contributed by atoms with E-state index in [0.29, 0.717) is 11.9 Å². The van der Waals surface area contributed by atoms with Crippen molar-refractivity contribution in [2.24, 2.45) is 5.92 Å². The highest BCUT2D eigenvalue weighted by atomic mass is 35.5. The highest BCUT2D eigenvalue weighted by Crippen LogP contribution is 2.18. The summed E-state index contributed by atoms with van der Waals surface area (Å²) < 4.78 is 0. The Morgan fingerprint density at radius 3 is 2.75 bits per heavy atom. The van der Waals surface area contributed by atoms with E-state index in [2.05, 4.69) is 19.2 Å². The number of hydrogen-bond donors (Lipinski definition) is 1. The van der Waals surface area contributed by atoms with Crippen LogP contribution in [0.5, 0.6) is 0 Å². The molecule has 0 aromatic carbocycles. The lowest BCUT2D eigenvalue weighted by atomic mass is 9.92. The Morgan fingerprint density at radius 2 is 2.19 bits per heavy atom. The second kappa shape index (κ2) is 7.91. The first-order valence-electron chi connectivity index (χ1n) is 6.13. The topological polar surface area (TPSA) is 32.3 Å². The fourth-order valence-corrected chi connectivity index (χ4v) is 2.17. The molecule has 0 saturated carbocycles. The summed E-state index contributed by atoms with van der Waals surface area (Å²) in [4.78, 5) is 14.0. The predicted octanol–water partition coefficient (Wildman–Crippen LogP) is 2.05. The highest BCUT2D eigenvalue weighted by Gasteiger charge is 2.26. The number of piperidine rings is 1. The van der Waals surface area contributed by atoms with Gasteiger partial charge in [-0.2, -0.15) is 0 Å². The van der Waals surface area contributed by atoms with Gasteiger partial charge in [-0.05, 0) is 32.7 Å². The van der Waals surface area contributed by atoms with Gasteiger partial charge in [0.25, 0.3) is 0 Å². The molecule has 3 nitrogen and oxygen atoms in total. The number of amides is 1. The number of nitrogens with one attached hydrogen (secondary N) is 1. The quantitative estimate of drug-likeness (QED) is 0.826. The predicted molar refractivity (Wildman–Crippen MR) is 70.0 cm³/mol. The zero-order chi connectivity index (χ0) is 11.3. The first kappa shape index (κ1) is 15.7. The maximum absolute atomic E-state index is 12.0. The molecular weight excluding hydrogens is 224 g/mol. The van der Waals surface area contributed by atoms with Gasteiger partial charge in [0.05, 0.1) is 0 Å². The van der Waals surface area contributed by atoms with E-state index in [9.17, 15) is 4.79 Å². The van der Waals surface area contributed by atoms with Gasteiger partial charge in [0.1, 0.15) is 0 Å². The van der Waals surface area contributed by atoms with Crippen molar-refractivity contribution >= 4 is 18.3 Å². The fraction of sp³-hybridized carbons (Fsp3) is 0.917. The fourth-order valence-electron chi connectivity index (χ4n) is 2.17. The molecule has 1 rings (SSSR count). The number of carbonyl (C=O) groups excluding carboxylic acids is 1. The lowest BCUT2D eigenvalue weighted by Gasteiger charge is -2.30. The maximum Gasteiger partial charge on any atom is 0.225 e. The first-order chi connectivity index (χ1) is 7.15. The molecular formula is C12H25ClN2O. The second-order valence-electron chi connectivity index (χ2n) is 4.69. The molecule has 0 bridgehead atoms. The molecule has 0 radical (unpaired) electrons. The van der Waals surface area contributed by atoms with Crippen LogP contribution in [0.4, 0.5) is 0 Å². The summed E-state index contributed by atoms with van der Waals surface area (Å²) in [5, 5.41) is 3.38. The summed E-state index contributed by atoms with van der Waals surface area (Å²) in [6.07, 6.45) is 4.26. The van der Waals surface area contributed by atoms with Crippen molar-refractivity contribution in [2.45, 2.75) is 45.6 Å². The summed E-state index contributed by atoms with van der Waals surface area (Å²) >= 11 is 0. The Bertz CT molecular complexity index is 211. The van der Waals surface area contributed by atoms with Gasteiger partial charge in [-0.15, -0.1) is 12.4 Å². The van der Waals surface area contributed by atoms with Crippen molar-refractivity contribution in [3.05, 3.63) is 0 Å². The third-order valence-electron chi connectivity index (χ3n) is 3.20. The van der Waals surface area contributed by atoms with E-state index >= 15 is 0 Å². The largest absolute Gasteiger partial charge is 0.346 e. The van der Waals surface area contributed by atoms with E-state index in [1.807, 2.05) is 11.9 Å². The van der Waals surface area contributed by atoms with Crippen molar-refractivity contribution in [3.8, 4) is 0 Å². The molecule has 1 N–H and O–H groups in total. The Balaban J connectivity index is 0.00000225. The molecule has 0 aromatic rings. The minimum absolute atomic E-state index is 0. The van der Waals surface area contributed by atoms with Crippen LogP contribution in [0.25, 0.3) is 0 Å². The summed E-state index contributed by atoms with van der Waals surface area (Å²) in [6, 6.07) is 0.493. The number of nitrogens with zero attached hydrogens (tertiary/aromatic N) is 1. The summed E-state index contributed by atoms with van der Waals surface area (Å²) in [6.45, 7) is 6.21. The van der Waals surface area contributed by atoms with E-state index in [0.717, 1.165) is 38.8 Å². The summed E-state index contributed by atoms with van der Waals surface area (Å²) in [5.41, 5.74) is 0. The summed E-state index contributed by atoms with van der Waals surface area (Å²) in [5.74, 6) is 0.597. The number of hydrogen-bond acceptors (Lipinski definition) is 2. The van der Waals surface area contributed by atoms with Crippen LogP contribution in [0.15, 0.2) is 0 Å². The minimum atomic E-state index is 0. The lowest BCUT2D eigenvalue weighted by molar-refractivity contribution is -0.135. The van der Waals surface area contributed by atoms with Crippen molar-refractivity contribution < 1.29 is 4.79 Å². The molecule has 1 heterocycles. The monoisotopic (exact) mass is 248 g/mol. The molecule has 1 aliphatic rings. The van der Waals surface area contributed by atoms with Crippen LogP contribution < -0.4 is 5.32 Å². The van der Waals surface area contributed by atoms with E-state index < -0.39 is 0 Å². The Labute approximate surface area is 105 Å². The third-order valence-corrected chi connectivity index (χ3v) is 3.20. The van der Waals surface area contributed by atoms with Gasteiger partial charge >= 0.3 is 0 Å². The third kappa shape index (κ3) is 4.71. The number of halogens is 1. The van der Waals surface area contributed by atoms with Gasteiger partial charge in [-0.3, -0.25) is 4.79 Å². The Kier molecular flexibility index (Phi) is 7.77. The molecule has 1 fully saturated rings. The van der Waals surface area contributed by atoms with Crippen LogP contribution in [-0.4, -0.2) is 37.0 Å². The van der Waals surface area contributed by atoms with E-state index in [-0.39, 0.29) is 18.3 Å². The molecule has 0 aromatic heterocycles. The second-order valence-corrected chi connectivity index (χ2v) is 4.69.